The number of benzene rings is 1. The van der Waals surface area contributed by atoms with Crippen molar-refractivity contribution in [2.75, 3.05) is 24.2 Å². The van der Waals surface area contributed by atoms with Crippen LogP contribution in [0.4, 0.5) is 11.4 Å². The predicted octanol–water partition coefficient (Wildman–Crippen LogP) is 1.57. The Hall–Kier alpha value is -3.09. The van der Waals surface area contributed by atoms with Gasteiger partial charge in [0.05, 0.1) is 12.2 Å². The third-order valence-electron chi connectivity index (χ3n) is 3.90. The molecule has 7 nitrogen and oxygen atoms in total. The Morgan fingerprint density at radius 1 is 1.32 bits per heavy atom. The Morgan fingerprint density at radius 2 is 2.16 bits per heavy atom. The molecule has 1 aliphatic rings. The number of rotatable bonds is 5. The van der Waals surface area contributed by atoms with Gasteiger partial charge in [-0.1, -0.05) is 12.1 Å². The molecule has 1 aliphatic heterocycles. The molecule has 0 bridgehead atoms. The molecule has 0 radical (unpaired) electrons. The second kappa shape index (κ2) is 7.65. The van der Waals surface area contributed by atoms with Gasteiger partial charge in [-0.05, 0) is 30.7 Å². The number of carbonyl (C=O) groups excluding carboxylic acids is 2. The number of para-hydroxylation sites is 2. The largest absolute Gasteiger partial charge is 0.477 e. The first-order chi connectivity index (χ1) is 12.2. The minimum atomic E-state index is -0.614. The third-order valence-corrected chi connectivity index (χ3v) is 3.90. The number of anilines is 2. The van der Waals surface area contributed by atoms with E-state index < -0.39 is 6.10 Å². The molecule has 1 aromatic heterocycles. The average molecular weight is 340 g/mol. The minimum absolute atomic E-state index is 0.0448. The predicted molar refractivity (Wildman–Crippen MR) is 94.6 cm³/mol. The molecule has 3 N–H and O–H groups in total. The van der Waals surface area contributed by atoms with E-state index in [-0.39, 0.29) is 11.8 Å². The van der Waals surface area contributed by atoms with Crippen LogP contribution in [-0.4, -0.2) is 36.5 Å². The molecule has 1 atom stereocenters. The van der Waals surface area contributed by atoms with Crippen molar-refractivity contribution in [2.24, 2.45) is 0 Å². The number of nitrogens with one attached hydrogen (secondary N) is 3. The maximum atomic E-state index is 12.4. The van der Waals surface area contributed by atoms with E-state index in [2.05, 4.69) is 20.9 Å². The van der Waals surface area contributed by atoms with Crippen LogP contribution in [0.1, 0.15) is 12.1 Å². The Kier molecular flexibility index (Phi) is 5.13. The Labute approximate surface area is 145 Å². The maximum absolute atomic E-state index is 12.4. The van der Waals surface area contributed by atoms with Gasteiger partial charge in [0.15, 0.2) is 6.10 Å². The van der Waals surface area contributed by atoms with Gasteiger partial charge in [0.1, 0.15) is 5.75 Å². The number of amides is 2. The molecule has 1 unspecified atom stereocenters. The summed E-state index contributed by atoms with van der Waals surface area (Å²) in [5, 5.41) is 8.60. The van der Waals surface area contributed by atoms with E-state index >= 15 is 0 Å². The van der Waals surface area contributed by atoms with Gasteiger partial charge in [-0.3, -0.25) is 14.6 Å². The fourth-order valence-corrected chi connectivity index (χ4v) is 2.54. The lowest BCUT2D eigenvalue weighted by Crippen LogP contribution is -2.41. The van der Waals surface area contributed by atoms with E-state index in [0.29, 0.717) is 30.8 Å². The van der Waals surface area contributed by atoms with Crippen molar-refractivity contribution >= 4 is 23.2 Å². The monoisotopic (exact) mass is 340 g/mol. The molecule has 7 heteroatoms. The van der Waals surface area contributed by atoms with Crippen LogP contribution >= 0.6 is 0 Å². The van der Waals surface area contributed by atoms with Crippen molar-refractivity contribution in [1.82, 2.24) is 10.3 Å². The first-order valence-corrected chi connectivity index (χ1v) is 8.11. The third kappa shape index (κ3) is 4.26. The summed E-state index contributed by atoms with van der Waals surface area (Å²) in [7, 11) is 1.60. The molecule has 130 valence electrons. The van der Waals surface area contributed by atoms with Crippen molar-refractivity contribution in [2.45, 2.75) is 18.9 Å². The number of hydrogen-bond acceptors (Lipinski definition) is 5. The van der Waals surface area contributed by atoms with Crippen LogP contribution < -0.4 is 20.7 Å². The van der Waals surface area contributed by atoms with Gasteiger partial charge in [-0.15, -0.1) is 0 Å². The highest BCUT2D eigenvalue weighted by atomic mass is 16.5. The first-order valence-electron chi connectivity index (χ1n) is 8.11. The molecular formula is C18H20N4O3. The number of pyridine rings is 1. The summed E-state index contributed by atoms with van der Waals surface area (Å²) in [4.78, 5) is 28.0. The Morgan fingerprint density at radius 3 is 3.00 bits per heavy atom. The van der Waals surface area contributed by atoms with Gasteiger partial charge in [0.2, 0.25) is 5.91 Å². The Balaban J connectivity index is 1.61. The van der Waals surface area contributed by atoms with Gasteiger partial charge in [-0.25, -0.2) is 0 Å². The highest BCUT2D eigenvalue weighted by Crippen LogP contribution is 2.28. The molecule has 2 heterocycles. The molecular weight excluding hydrogens is 320 g/mol. The van der Waals surface area contributed by atoms with E-state index in [1.54, 1.807) is 25.4 Å². The van der Waals surface area contributed by atoms with Crippen LogP contribution in [-0.2, 0) is 16.0 Å². The van der Waals surface area contributed by atoms with Gasteiger partial charge in [0, 0.05) is 31.0 Å². The molecule has 3 rings (SSSR count). The lowest BCUT2D eigenvalue weighted by molar-refractivity contribution is -0.122. The Bertz CT molecular complexity index is 778. The van der Waals surface area contributed by atoms with Gasteiger partial charge >= 0.3 is 0 Å². The smallest absolute Gasteiger partial charge is 0.267 e. The first kappa shape index (κ1) is 16.8. The van der Waals surface area contributed by atoms with Crippen LogP contribution in [0.2, 0.25) is 0 Å². The average Bonchev–Trinajstić information content (AvgIpc) is 2.66. The number of ether oxygens (including phenoxy) is 1. The zero-order chi connectivity index (χ0) is 17.6. The molecule has 0 saturated heterocycles. The number of nitrogens with zero attached hydrogens (tertiary/aromatic N) is 1. The molecule has 1 aromatic carbocycles. The quantitative estimate of drug-likeness (QED) is 0.768. The van der Waals surface area contributed by atoms with E-state index in [0.717, 1.165) is 11.4 Å². The van der Waals surface area contributed by atoms with E-state index in [1.165, 1.54) is 0 Å². The topological polar surface area (TPSA) is 92.4 Å². The van der Waals surface area contributed by atoms with E-state index in [9.17, 15) is 9.59 Å². The van der Waals surface area contributed by atoms with Gasteiger partial charge < -0.3 is 20.7 Å². The number of carbonyl (C=O) groups is 2. The zero-order valence-corrected chi connectivity index (χ0v) is 13.9. The fraction of sp³-hybridized carbons (Fsp3) is 0.278. The summed E-state index contributed by atoms with van der Waals surface area (Å²) in [6, 6.07) is 11.0. The second-order valence-corrected chi connectivity index (χ2v) is 5.68. The van der Waals surface area contributed by atoms with Crippen molar-refractivity contribution < 1.29 is 14.3 Å². The van der Waals surface area contributed by atoms with E-state index in [1.807, 2.05) is 24.3 Å². The number of aromatic nitrogens is 1. The summed E-state index contributed by atoms with van der Waals surface area (Å²) < 4.78 is 5.75. The molecule has 0 spiro atoms. The standard InChI is InChI=1S/C18H20N4O3/c1-19-17(23)7-6-12-10-13(8-9-20-12)22-18(24)16-11-21-14-4-2-3-5-15(14)25-16/h2-5,8-10,16,21H,6-7,11H2,1H3,(H,19,23)(H,20,22,24). The second-order valence-electron chi connectivity index (χ2n) is 5.68. The maximum Gasteiger partial charge on any atom is 0.267 e. The van der Waals surface area contributed by atoms with Gasteiger partial charge in [-0.2, -0.15) is 0 Å². The molecule has 0 fully saturated rings. The number of hydrogen-bond donors (Lipinski definition) is 3. The molecule has 25 heavy (non-hydrogen) atoms. The highest BCUT2D eigenvalue weighted by molar-refractivity contribution is 5.95. The lowest BCUT2D eigenvalue weighted by atomic mass is 10.2. The van der Waals surface area contributed by atoms with Crippen LogP contribution in [0.25, 0.3) is 0 Å². The fourth-order valence-electron chi connectivity index (χ4n) is 2.54. The lowest BCUT2D eigenvalue weighted by Gasteiger charge is -2.26. The SMILES string of the molecule is CNC(=O)CCc1cc(NC(=O)C2CNc3ccccc3O2)ccn1. The highest BCUT2D eigenvalue weighted by Gasteiger charge is 2.25. The van der Waals surface area contributed by atoms with E-state index in [4.69, 9.17) is 4.74 Å². The molecule has 0 aliphatic carbocycles. The number of fused-ring (bicyclic) bond motifs is 1. The normalized spacial score (nSPS) is 15.3. The van der Waals surface area contributed by atoms with Gasteiger partial charge in [0.25, 0.3) is 5.91 Å². The van der Waals surface area contributed by atoms with Crippen molar-refractivity contribution in [3.63, 3.8) is 0 Å². The van der Waals surface area contributed by atoms with Crippen LogP contribution in [0, 0.1) is 0 Å². The summed E-state index contributed by atoms with van der Waals surface area (Å²) in [5.41, 5.74) is 2.26. The molecule has 0 saturated carbocycles. The molecule has 2 amide bonds. The van der Waals surface area contributed by atoms with Crippen molar-refractivity contribution in [3.8, 4) is 5.75 Å². The van der Waals surface area contributed by atoms with Crippen LogP contribution in [0.15, 0.2) is 42.6 Å². The summed E-state index contributed by atoms with van der Waals surface area (Å²) >= 11 is 0. The number of aryl methyl sites for hydroxylation is 1. The molecule has 2 aromatic rings. The van der Waals surface area contributed by atoms with Crippen molar-refractivity contribution in [1.29, 1.82) is 0 Å². The summed E-state index contributed by atoms with van der Waals surface area (Å²) in [6.45, 7) is 0.400. The van der Waals surface area contributed by atoms with Crippen LogP contribution in [0.5, 0.6) is 5.75 Å². The van der Waals surface area contributed by atoms with Crippen molar-refractivity contribution in [3.05, 3.63) is 48.3 Å². The zero-order valence-electron chi connectivity index (χ0n) is 13.9. The van der Waals surface area contributed by atoms with Crippen LogP contribution in [0.3, 0.4) is 0 Å². The summed E-state index contributed by atoms with van der Waals surface area (Å²) in [5.74, 6) is 0.386. The summed E-state index contributed by atoms with van der Waals surface area (Å²) in [6.07, 6.45) is 1.87. The minimum Gasteiger partial charge on any atom is -0.477 e.